The van der Waals surface area contributed by atoms with E-state index in [1.807, 2.05) is 97.9 Å². The van der Waals surface area contributed by atoms with Gasteiger partial charge in [0.15, 0.2) is 0 Å². The van der Waals surface area contributed by atoms with Crippen molar-refractivity contribution in [2.75, 3.05) is 0 Å². The SMILES string of the molecule is Cc1cc(=O)oc2cc(OC(=O)C(c3ccccc3)C(c3ccccc3)c3ccccc3)ccc12. The van der Waals surface area contributed by atoms with E-state index in [1.165, 1.54) is 6.07 Å². The van der Waals surface area contributed by atoms with Crippen LogP contribution in [0.25, 0.3) is 11.0 Å². The van der Waals surface area contributed by atoms with Crippen LogP contribution < -0.4 is 10.4 Å². The Labute approximate surface area is 203 Å². The third kappa shape index (κ3) is 4.78. The number of hydrogen-bond donors (Lipinski definition) is 0. The summed E-state index contributed by atoms with van der Waals surface area (Å²) in [5.41, 5.74) is 3.66. The van der Waals surface area contributed by atoms with E-state index in [1.54, 1.807) is 18.2 Å². The van der Waals surface area contributed by atoms with Crippen LogP contribution in [-0.4, -0.2) is 5.97 Å². The van der Waals surface area contributed by atoms with E-state index in [-0.39, 0.29) is 11.9 Å². The molecule has 0 bridgehead atoms. The topological polar surface area (TPSA) is 56.5 Å². The number of carbonyl (C=O) groups excluding carboxylic acids is 1. The predicted molar refractivity (Wildman–Crippen MR) is 137 cm³/mol. The zero-order valence-electron chi connectivity index (χ0n) is 19.3. The van der Waals surface area contributed by atoms with E-state index in [0.717, 1.165) is 27.6 Å². The Kier molecular flexibility index (Phi) is 6.27. The highest BCUT2D eigenvalue weighted by Crippen LogP contribution is 2.39. The van der Waals surface area contributed by atoms with Gasteiger partial charge in [0.25, 0.3) is 0 Å². The van der Waals surface area contributed by atoms with E-state index < -0.39 is 11.5 Å². The van der Waals surface area contributed by atoms with Crippen molar-refractivity contribution in [3.63, 3.8) is 0 Å². The van der Waals surface area contributed by atoms with E-state index in [2.05, 4.69) is 0 Å². The largest absolute Gasteiger partial charge is 0.426 e. The Balaban J connectivity index is 1.59. The van der Waals surface area contributed by atoms with Crippen molar-refractivity contribution in [1.29, 1.82) is 0 Å². The first kappa shape index (κ1) is 22.4. The molecule has 5 rings (SSSR count). The van der Waals surface area contributed by atoms with E-state index in [9.17, 15) is 9.59 Å². The van der Waals surface area contributed by atoms with Gasteiger partial charge in [-0.2, -0.15) is 0 Å². The van der Waals surface area contributed by atoms with Gasteiger partial charge in [0, 0.05) is 23.4 Å². The van der Waals surface area contributed by atoms with Crippen molar-refractivity contribution in [2.24, 2.45) is 0 Å². The van der Waals surface area contributed by atoms with E-state index in [0.29, 0.717) is 11.3 Å². The van der Waals surface area contributed by atoms with Gasteiger partial charge in [0.05, 0.1) is 5.92 Å². The third-order valence-electron chi connectivity index (χ3n) is 6.20. The molecule has 1 heterocycles. The minimum Gasteiger partial charge on any atom is -0.426 e. The minimum atomic E-state index is -0.596. The molecule has 0 spiro atoms. The van der Waals surface area contributed by atoms with Crippen molar-refractivity contribution in [1.82, 2.24) is 0 Å². The summed E-state index contributed by atoms with van der Waals surface area (Å²) in [5, 5.41) is 0.801. The van der Waals surface area contributed by atoms with Gasteiger partial charge in [-0.1, -0.05) is 91.0 Å². The molecule has 0 fully saturated rings. The zero-order chi connectivity index (χ0) is 24.2. The summed E-state index contributed by atoms with van der Waals surface area (Å²) in [6, 6.07) is 36.3. The molecule has 1 aromatic heterocycles. The number of hydrogen-bond acceptors (Lipinski definition) is 4. The maximum Gasteiger partial charge on any atom is 0.336 e. The van der Waals surface area contributed by atoms with Crippen molar-refractivity contribution < 1.29 is 13.9 Å². The summed E-state index contributed by atoms with van der Waals surface area (Å²) < 4.78 is 11.3. The van der Waals surface area contributed by atoms with Crippen LogP contribution in [0.15, 0.2) is 124 Å². The molecule has 172 valence electrons. The van der Waals surface area contributed by atoms with Gasteiger partial charge >= 0.3 is 11.6 Å². The number of rotatable bonds is 6. The highest BCUT2D eigenvalue weighted by atomic mass is 16.5. The molecule has 4 heteroatoms. The highest BCUT2D eigenvalue weighted by molar-refractivity contribution is 5.85. The summed E-state index contributed by atoms with van der Waals surface area (Å²) in [4.78, 5) is 25.7. The fourth-order valence-corrected chi connectivity index (χ4v) is 4.57. The second kappa shape index (κ2) is 9.82. The molecule has 0 amide bonds. The van der Waals surface area contributed by atoms with Gasteiger partial charge in [0.2, 0.25) is 0 Å². The van der Waals surface area contributed by atoms with Gasteiger partial charge < -0.3 is 9.15 Å². The molecule has 0 N–H and O–H groups in total. The smallest absolute Gasteiger partial charge is 0.336 e. The molecular weight excluding hydrogens is 436 g/mol. The van der Waals surface area contributed by atoms with Crippen LogP contribution in [0.2, 0.25) is 0 Å². The number of fused-ring (bicyclic) bond motifs is 1. The van der Waals surface area contributed by atoms with Gasteiger partial charge in [-0.15, -0.1) is 0 Å². The number of benzene rings is 4. The third-order valence-corrected chi connectivity index (χ3v) is 6.20. The molecule has 0 radical (unpaired) electrons. The molecule has 0 aliphatic carbocycles. The Morgan fingerprint density at radius 3 is 1.83 bits per heavy atom. The van der Waals surface area contributed by atoms with Crippen molar-refractivity contribution in [3.8, 4) is 5.75 Å². The number of aryl methyl sites for hydroxylation is 1. The standard InChI is InChI=1S/C31H24O4/c1-21-19-28(32)35-27-20-25(17-18-26(21)27)34-31(33)30(24-15-9-4-10-16-24)29(22-11-5-2-6-12-22)23-13-7-3-8-14-23/h2-20,29-30H,1H3. The molecular formula is C31H24O4. The monoisotopic (exact) mass is 460 g/mol. The van der Waals surface area contributed by atoms with Crippen LogP contribution in [0.1, 0.15) is 34.1 Å². The van der Waals surface area contributed by atoms with Crippen LogP contribution in [0.3, 0.4) is 0 Å². The average molecular weight is 461 g/mol. The van der Waals surface area contributed by atoms with E-state index in [4.69, 9.17) is 9.15 Å². The van der Waals surface area contributed by atoms with Crippen LogP contribution >= 0.6 is 0 Å². The number of carbonyl (C=O) groups is 1. The maximum atomic E-state index is 13.9. The molecule has 4 nitrogen and oxygen atoms in total. The first-order valence-electron chi connectivity index (χ1n) is 11.5. The average Bonchev–Trinajstić information content (AvgIpc) is 2.88. The lowest BCUT2D eigenvalue weighted by Gasteiger charge is -2.27. The summed E-state index contributed by atoms with van der Waals surface area (Å²) in [6.07, 6.45) is 0. The fraction of sp³-hybridized carbons (Fsp3) is 0.0968. The quantitative estimate of drug-likeness (QED) is 0.162. The Bertz CT molecular complexity index is 1470. The van der Waals surface area contributed by atoms with Crippen molar-refractivity contribution in [2.45, 2.75) is 18.8 Å². The first-order valence-corrected chi connectivity index (χ1v) is 11.5. The Morgan fingerprint density at radius 2 is 1.26 bits per heavy atom. The fourth-order valence-electron chi connectivity index (χ4n) is 4.57. The Hall–Kier alpha value is -4.44. The van der Waals surface area contributed by atoms with Crippen LogP contribution in [0.4, 0.5) is 0 Å². The lowest BCUT2D eigenvalue weighted by molar-refractivity contribution is -0.136. The Morgan fingerprint density at radius 1 is 0.714 bits per heavy atom. The first-order chi connectivity index (χ1) is 17.1. The van der Waals surface area contributed by atoms with Crippen LogP contribution in [0, 0.1) is 6.92 Å². The van der Waals surface area contributed by atoms with Crippen LogP contribution in [-0.2, 0) is 4.79 Å². The second-order valence-corrected chi connectivity index (χ2v) is 8.51. The molecule has 35 heavy (non-hydrogen) atoms. The summed E-state index contributed by atoms with van der Waals surface area (Å²) in [6.45, 7) is 1.85. The van der Waals surface area contributed by atoms with E-state index >= 15 is 0 Å². The predicted octanol–water partition coefficient (Wildman–Crippen LogP) is 6.62. The molecule has 1 atom stereocenters. The number of ether oxygens (including phenoxy) is 1. The molecule has 0 saturated carbocycles. The molecule has 0 aliphatic heterocycles. The highest BCUT2D eigenvalue weighted by Gasteiger charge is 2.34. The van der Waals surface area contributed by atoms with Gasteiger partial charge in [-0.3, -0.25) is 4.79 Å². The summed E-state index contributed by atoms with van der Waals surface area (Å²) >= 11 is 0. The van der Waals surface area contributed by atoms with Gasteiger partial charge in [-0.05, 0) is 41.3 Å². The minimum absolute atomic E-state index is 0.257. The van der Waals surface area contributed by atoms with Crippen molar-refractivity contribution >= 4 is 16.9 Å². The molecule has 0 aliphatic rings. The molecule has 0 saturated heterocycles. The van der Waals surface area contributed by atoms with Crippen molar-refractivity contribution in [3.05, 3.63) is 148 Å². The molecule has 5 aromatic rings. The lowest BCUT2D eigenvalue weighted by atomic mass is 9.77. The normalized spacial score (nSPS) is 11.9. The second-order valence-electron chi connectivity index (χ2n) is 8.51. The maximum absolute atomic E-state index is 13.9. The summed E-state index contributed by atoms with van der Waals surface area (Å²) in [5.74, 6) is -0.908. The van der Waals surface area contributed by atoms with Crippen LogP contribution in [0.5, 0.6) is 5.75 Å². The zero-order valence-corrected chi connectivity index (χ0v) is 19.3. The molecule has 4 aromatic carbocycles. The lowest BCUT2D eigenvalue weighted by Crippen LogP contribution is -2.26. The summed E-state index contributed by atoms with van der Waals surface area (Å²) in [7, 11) is 0. The number of esters is 1. The van der Waals surface area contributed by atoms with Gasteiger partial charge in [0.1, 0.15) is 11.3 Å². The molecule has 1 unspecified atom stereocenters. The van der Waals surface area contributed by atoms with Gasteiger partial charge in [-0.25, -0.2) is 4.79 Å².